The zero-order valence-corrected chi connectivity index (χ0v) is 9.19. The minimum atomic E-state index is 0.188. The van der Waals surface area contributed by atoms with Gasteiger partial charge in [-0.3, -0.25) is 0 Å². The summed E-state index contributed by atoms with van der Waals surface area (Å²) in [5, 5.41) is 3.39. The average Bonchev–Trinajstić information content (AvgIpc) is 1.82. The molecule has 62 valence electrons. The summed E-state index contributed by atoms with van der Waals surface area (Å²) in [5.74, 6) is 0. The van der Waals surface area contributed by atoms with Crippen molar-refractivity contribution in [2.75, 3.05) is 13.1 Å². The normalized spacial score (nSPS) is 15.3. The zero-order chi connectivity index (χ0) is 7.98. The van der Waals surface area contributed by atoms with Gasteiger partial charge in [0.2, 0.25) is 0 Å². The monoisotopic (exact) mass is 159 g/mol. The van der Waals surface area contributed by atoms with Gasteiger partial charge in [0.05, 0.1) is 0 Å². The largest absolute Gasteiger partial charge is 0.317 e. The predicted molar refractivity (Wildman–Crippen MR) is 51.6 cm³/mol. The molecule has 1 atom stereocenters. The van der Waals surface area contributed by atoms with E-state index in [-0.39, 0.29) is 9.52 Å². The first kappa shape index (κ1) is 10.2. The number of nitrogens with one attached hydrogen (secondary N) is 1. The smallest absolute Gasteiger partial charge is 0.0270 e. The maximum atomic E-state index is 3.39. The topological polar surface area (TPSA) is 12.0 Å². The first-order valence-electron chi connectivity index (χ1n) is 4.37. The molecule has 0 aliphatic rings. The summed E-state index contributed by atoms with van der Waals surface area (Å²) in [6.45, 7) is 11.6. The van der Waals surface area contributed by atoms with Crippen LogP contribution in [-0.2, 0) is 0 Å². The molecule has 0 saturated carbocycles. The van der Waals surface area contributed by atoms with Gasteiger partial charge in [-0.15, -0.1) is 0 Å². The summed E-state index contributed by atoms with van der Waals surface area (Å²) in [7, 11) is 0.188. The molecule has 0 rings (SSSR count). The van der Waals surface area contributed by atoms with Crippen LogP contribution in [0.25, 0.3) is 0 Å². The van der Waals surface area contributed by atoms with Crippen molar-refractivity contribution in [2.24, 2.45) is 0 Å². The van der Waals surface area contributed by atoms with E-state index in [4.69, 9.17) is 0 Å². The molecule has 10 heavy (non-hydrogen) atoms. The van der Waals surface area contributed by atoms with Crippen LogP contribution in [0.3, 0.4) is 0 Å². The van der Waals surface area contributed by atoms with Crippen LogP contribution in [0.5, 0.6) is 0 Å². The summed E-state index contributed by atoms with van der Waals surface area (Å²) >= 11 is 0. The van der Waals surface area contributed by atoms with Crippen molar-refractivity contribution in [3.63, 3.8) is 0 Å². The van der Waals surface area contributed by atoms with Crippen molar-refractivity contribution in [1.82, 2.24) is 5.32 Å². The molecule has 2 heteroatoms. The minimum absolute atomic E-state index is 0.188. The molecule has 1 unspecified atom stereocenters. The Morgan fingerprint density at radius 3 is 2.30 bits per heavy atom. The van der Waals surface area contributed by atoms with Gasteiger partial charge < -0.3 is 5.32 Å². The van der Waals surface area contributed by atoms with Crippen molar-refractivity contribution in [2.45, 2.75) is 38.8 Å². The van der Waals surface area contributed by atoms with Gasteiger partial charge in [0.15, 0.2) is 0 Å². The Morgan fingerprint density at radius 1 is 1.30 bits per heavy atom. The van der Waals surface area contributed by atoms with E-state index < -0.39 is 0 Å². The van der Waals surface area contributed by atoms with Crippen molar-refractivity contribution in [3.8, 4) is 0 Å². The Balaban J connectivity index is 3.16. The van der Waals surface area contributed by atoms with Crippen LogP contribution in [0.4, 0.5) is 0 Å². The average molecular weight is 159 g/mol. The molecule has 0 aromatic heterocycles. The Morgan fingerprint density at radius 2 is 1.90 bits per heavy atom. The third-order valence-corrected chi connectivity index (χ3v) is 3.65. The molecule has 1 N–H and O–H groups in total. The molecule has 0 aliphatic heterocycles. The lowest BCUT2D eigenvalue weighted by atomic mass is 10.4. The van der Waals surface area contributed by atoms with E-state index in [1.165, 1.54) is 6.54 Å². The summed E-state index contributed by atoms with van der Waals surface area (Å²) in [4.78, 5) is 0. The summed E-state index contributed by atoms with van der Waals surface area (Å²) in [5.41, 5.74) is 1.95. The Bertz CT molecular complexity index is 73.7. The highest BCUT2D eigenvalue weighted by Crippen LogP contribution is 2.08. The number of hydrogen-bond acceptors (Lipinski definition) is 1. The van der Waals surface area contributed by atoms with Gasteiger partial charge in [0, 0.05) is 9.52 Å². The molecule has 0 aromatic rings. The highest BCUT2D eigenvalue weighted by Gasteiger charge is 2.03. The van der Waals surface area contributed by atoms with Crippen LogP contribution >= 0.6 is 0 Å². The van der Waals surface area contributed by atoms with Crippen LogP contribution in [-0.4, -0.2) is 22.6 Å². The number of rotatable bonds is 5. The van der Waals surface area contributed by atoms with E-state index in [2.05, 4.69) is 33.0 Å². The van der Waals surface area contributed by atoms with Gasteiger partial charge in [0.25, 0.3) is 0 Å². The molecule has 0 fully saturated rings. The van der Waals surface area contributed by atoms with Crippen molar-refractivity contribution in [3.05, 3.63) is 0 Å². The van der Waals surface area contributed by atoms with E-state index in [1.807, 2.05) is 0 Å². The van der Waals surface area contributed by atoms with E-state index >= 15 is 0 Å². The van der Waals surface area contributed by atoms with Crippen LogP contribution in [0.15, 0.2) is 0 Å². The second kappa shape index (κ2) is 5.92. The molecule has 1 nitrogen and oxygen atoms in total. The molecule has 0 amide bonds. The predicted octanol–water partition coefficient (Wildman–Crippen LogP) is 1.40. The van der Waals surface area contributed by atoms with Crippen LogP contribution in [0, 0.1) is 0 Å². The first-order chi connectivity index (χ1) is 4.66. The summed E-state index contributed by atoms with van der Waals surface area (Å²) in [6, 6.07) is 0. The van der Waals surface area contributed by atoms with Crippen molar-refractivity contribution >= 4 is 9.52 Å². The first-order valence-corrected chi connectivity index (χ1v) is 6.00. The molecule has 0 aromatic carbocycles. The molecule has 0 spiro atoms. The van der Waals surface area contributed by atoms with Crippen LogP contribution in [0.2, 0.25) is 11.1 Å². The van der Waals surface area contributed by atoms with Crippen molar-refractivity contribution < 1.29 is 0 Å². The molecular weight excluding hydrogens is 138 g/mol. The zero-order valence-electron chi connectivity index (χ0n) is 7.78. The van der Waals surface area contributed by atoms with Gasteiger partial charge in [-0.1, -0.05) is 33.2 Å². The van der Waals surface area contributed by atoms with Crippen LogP contribution in [0.1, 0.15) is 27.7 Å². The fourth-order valence-electron chi connectivity index (χ4n) is 1.28. The summed E-state index contributed by atoms with van der Waals surface area (Å²) in [6.07, 6.45) is 0. The number of hydrogen-bond donors (Lipinski definition) is 1. The maximum absolute atomic E-state index is 3.39. The third kappa shape index (κ3) is 6.30. The second-order valence-corrected chi connectivity index (χ2v) is 7.04. The maximum Gasteiger partial charge on any atom is 0.0270 e. The van der Waals surface area contributed by atoms with Gasteiger partial charge in [-0.05, 0) is 18.6 Å². The lowest BCUT2D eigenvalue weighted by molar-refractivity contribution is 0.693. The molecular formula is C8H21NSi. The quantitative estimate of drug-likeness (QED) is 0.598. The SMILES string of the molecule is CCNCC(C)[SiH2]C(C)C. The fraction of sp³-hybridized carbons (Fsp3) is 1.00. The fourth-order valence-corrected chi connectivity index (χ4v) is 3.26. The lowest BCUT2D eigenvalue weighted by Crippen LogP contribution is -2.21. The van der Waals surface area contributed by atoms with Gasteiger partial charge in [-0.25, -0.2) is 0 Å². The Kier molecular flexibility index (Phi) is 6.03. The molecule has 0 bridgehead atoms. The van der Waals surface area contributed by atoms with Crippen molar-refractivity contribution in [1.29, 1.82) is 0 Å². The summed E-state index contributed by atoms with van der Waals surface area (Å²) < 4.78 is 0. The van der Waals surface area contributed by atoms with Gasteiger partial charge in [-0.2, -0.15) is 0 Å². The standard InChI is InChI=1S/C8H21NSi/c1-5-9-6-8(4)10-7(2)3/h7-9H,5-6,10H2,1-4H3. The van der Waals surface area contributed by atoms with Crippen LogP contribution < -0.4 is 5.32 Å². The van der Waals surface area contributed by atoms with E-state index in [1.54, 1.807) is 0 Å². The van der Waals surface area contributed by atoms with Gasteiger partial charge in [0.1, 0.15) is 0 Å². The van der Waals surface area contributed by atoms with E-state index in [9.17, 15) is 0 Å². The Labute approximate surface area is 67.4 Å². The second-order valence-electron chi connectivity index (χ2n) is 3.54. The lowest BCUT2D eigenvalue weighted by Gasteiger charge is -2.12. The highest BCUT2D eigenvalue weighted by atomic mass is 28.2. The highest BCUT2D eigenvalue weighted by molar-refractivity contribution is 6.39. The molecule has 0 radical (unpaired) electrons. The minimum Gasteiger partial charge on any atom is -0.317 e. The third-order valence-electron chi connectivity index (χ3n) is 1.62. The van der Waals surface area contributed by atoms with Gasteiger partial charge >= 0.3 is 0 Å². The molecule has 0 saturated heterocycles. The van der Waals surface area contributed by atoms with E-state index in [0.717, 1.165) is 17.6 Å². The Hall–Kier alpha value is 0.177. The molecule has 0 aliphatic carbocycles. The van der Waals surface area contributed by atoms with E-state index in [0.29, 0.717) is 0 Å². The molecule has 0 heterocycles.